The van der Waals surface area contributed by atoms with Crippen LogP contribution in [0.4, 0.5) is 5.82 Å². The summed E-state index contributed by atoms with van der Waals surface area (Å²) in [6.07, 6.45) is 6.70. The summed E-state index contributed by atoms with van der Waals surface area (Å²) in [5.74, 6) is 2.01. The minimum atomic E-state index is 0.713. The number of anilines is 1. The maximum Gasteiger partial charge on any atom is 0.135 e. The maximum absolute atomic E-state index is 4.81. The normalized spacial score (nSPS) is 21.9. The molecular formula is C19H24N4. The van der Waals surface area contributed by atoms with Crippen molar-refractivity contribution in [1.82, 2.24) is 14.9 Å². The summed E-state index contributed by atoms with van der Waals surface area (Å²) in [6, 6.07) is 13.2. The van der Waals surface area contributed by atoms with Gasteiger partial charge in [0.05, 0.1) is 0 Å². The van der Waals surface area contributed by atoms with Gasteiger partial charge in [0.15, 0.2) is 0 Å². The molecule has 0 N–H and O–H groups in total. The van der Waals surface area contributed by atoms with E-state index in [-0.39, 0.29) is 0 Å². The van der Waals surface area contributed by atoms with Crippen molar-refractivity contribution in [2.24, 2.45) is 0 Å². The summed E-state index contributed by atoms with van der Waals surface area (Å²) in [6.45, 7) is 4.79. The fraction of sp³-hybridized carbons (Fsp3) is 0.474. The molecule has 0 bridgehead atoms. The van der Waals surface area contributed by atoms with Crippen molar-refractivity contribution in [3.63, 3.8) is 0 Å². The molecule has 2 aromatic rings. The van der Waals surface area contributed by atoms with Crippen LogP contribution in [0.25, 0.3) is 0 Å². The summed E-state index contributed by atoms with van der Waals surface area (Å²) in [4.78, 5) is 14.4. The van der Waals surface area contributed by atoms with E-state index in [2.05, 4.69) is 45.1 Å². The van der Waals surface area contributed by atoms with Crippen molar-refractivity contribution >= 4 is 5.82 Å². The van der Waals surface area contributed by atoms with Gasteiger partial charge in [-0.05, 0) is 44.0 Å². The van der Waals surface area contributed by atoms with Gasteiger partial charge in [0.1, 0.15) is 11.6 Å². The quantitative estimate of drug-likeness (QED) is 0.869. The minimum Gasteiger partial charge on any atom is -0.355 e. The van der Waals surface area contributed by atoms with Crippen molar-refractivity contribution in [3.05, 3.63) is 54.0 Å². The van der Waals surface area contributed by atoms with Gasteiger partial charge in [-0.15, -0.1) is 0 Å². The molecule has 0 saturated carbocycles. The fourth-order valence-electron chi connectivity index (χ4n) is 3.78. The Morgan fingerprint density at radius 1 is 1.00 bits per heavy atom. The molecular weight excluding hydrogens is 284 g/mol. The summed E-state index contributed by atoms with van der Waals surface area (Å²) in [7, 11) is 0. The highest BCUT2D eigenvalue weighted by Gasteiger charge is 2.29. The lowest BCUT2D eigenvalue weighted by Crippen LogP contribution is -2.35. The molecule has 0 amide bonds. The highest BCUT2D eigenvalue weighted by Crippen LogP contribution is 2.24. The van der Waals surface area contributed by atoms with Crippen LogP contribution in [-0.2, 0) is 6.42 Å². The van der Waals surface area contributed by atoms with Gasteiger partial charge in [0.2, 0.25) is 0 Å². The van der Waals surface area contributed by atoms with Gasteiger partial charge in [-0.1, -0.05) is 30.3 Å². The predicted octanol–water partition coefficient (Wildman–Crippen LogP) is 2.74. The SMILES string of the molecule is c1ccc(Cc2nccc(N3CCC(N4CCCC4)C3)n2)cc1. The van der Waals surface area contributed by atoms with Crippen molar-refractivity contribution in [2.45, 2.75) is 31.7 Å². The number of benzene rings is 1. The largest absolute Gasteiger partial charge is 0.355 e. The smallest absolute Gasteiger partial charge is 0.135 e. The fourth-order valence-corrected chi connectivity index (χ4v) is 3.78. The van der Waals surface area contributed by atoms with Crippen LogP contribution in [0.3, 0.4) is 0 Å². The van der Waals surface area contributed by atoms with E-state index in [0.29, 0.717) is 6.04 Å². The average Bonchev–Trinajstić information content (AvgIpc) is 3.28. The minimum absolute atomic E-state index is 0.713. The van der Waals surface area contributed by atoms with E-state index in [0.717, 1.165) is 31.2 Å². The van der Waals surface area contributed by atoms with Gasteiger partial charge in [-0.2, -0.15) is 0 Å². The summed E-state index contributed by atoms with van der Waals surface area (Å²) < 4.78 is 0. The average molecular weight is 308 g/mol. The van der Waals surface area contributed by atoms with Gasteiger partial charge < -0.3 is 4.90 Å². The number of rotatable bonds is 4. The number of hydrogen-bond acceptors (Lipinski definition) is 4. The third-order valence-corrected chi connectivity index (χ3v) is 5.04. The topological polar surface area (TPSA) is 32.3 Å². The second-order valence-electron chi connectivity index (χ2n) is 6.63. The summed E-state index contributed by atoms with van der Waals surface area (Å²) >= 11 is 0. The molecule has 1 aromatic carbocycles. The zero-order valence-electron chi connectivity index (χ0n) is 13.6. The first-order valence-electron chi connectivity index (χ1n) is 8.73. The highest BCUT2D eigenvalue weighted by atomic mass is 15.3. The molecule has 1 unspecified atom stereocenters. The van der Waals surface area contributed by atoms with E-state index in [9.17, 15) is 0 Å². The molecule has 0 aliphatic carbocycles. The Balaban J connectivity index is 1.44. The van der Waals surface area contributed by atoms with Crippen LogP contribution in [0.5, 0.6) is 0 Å². The number of nitrogens with zero attached hydrogens (tertiary/aromatic N) is 4. The van der Waals surface area contributed by atoms with Crippen molar-refractivity contribution in [1.29, 1.82) is 0 Å². The predicted molar refractivity (Wildman–Crippen MR) is 92.7 cm³/mol. The number of likely N-dealkylation sites (tertiary alicyclic amines) is 1. The Morgan fingerprint density at radius 2 is 1.83 bits per heavy atom. The molecule has 2 saturated heterocycles. The van der Waals surface area contributed by atoms with E-state index >= 15 is 0 Å². The first-order valence-corrected chi connectivity index (χ1v) is 8.73. The Labute approximate surface area is 138 Å². The highest BCUT2D eigenvalue weighted by molar-refractivity contribution is 5.39. The molecule has 4 rings (SSSR count). The van der Waals surface area contributed by atoms with Crippen molar-refractivity contribution < 1.29 is 0 Å². The molecule has 2 aliphatic rings. The Morgan fingerprint density at radius 3 is 2.65 bits per heavy atom. The lowest BCUT2D eigenvalue weighted by molar-refractivity contribution is 0.260. The van der Waals surface area contributed by atoms with Crippen LogP contribution in [0.2, 0.25) is 0 Å². The van der Waals surface area contributed by atoms with Crippen LogP contribution in [0.1, 0.15) is 30.7 Å². The first kappa shape index (κ1) is 14.6. The second kappa shape index (κ2) is 6.67. The zero-order chi connectivity index (χ0) is 15.5. The third kappa shape index (κ3) is 3.37. The zero-order valence-corrected chi connectivity index (χ0v) is 13.6. The first-order chi connectivity index (χ1) is 11.4. The molecule has 23 heavy (non-hydrogen) atoms. The van der Waals surface area contributed by atoms with E-state index in [1.54, 1.807) is 0 Å². The van der Waals surface area contributed by atoms with Gasteiger partial charge in [0, 0.05) is 31.7 Å². The molecule has 3 heterocycles. The van der Waals surface area contributed by atoms with Gasteiger partial charge in [-0.3, -0.25) is 4.90 Å². The Hall–Kier alpha value is -1.94. The van der Waals surface area contributed by atoms with Gasteiger partial charge >= 0.3 is 0 Å². The standard InChI is InChI=1S/C19H24N4/c1-2-6-16(7-3-1)14-18-20-10-8-19(21-18)23-13-9-17(15-23)22-11-4-5-12-22/h1-3,6-8,10,17H,4-5,9,11-15H2. The van der Waals surface area contributed by atoms with Crippen LogP contribution in [0, 0.1) is 0 Å². The number of hydrogen-bond donors (Lipinski definition) is 0. The van der Waals surface area contributed by atoms with E-state index in [1.807, 2.05) is 12.3 Å². The Kier molecular flexibility index (Phi) is 4.24. The molecule has 0 radical (unpaired) electrons. The molecule has 4 nitrogen and oxygen atoms in total. The van der Waals surface area contributed by atoms with Crippen LogP contribution < -0.4 is 4.90 Å². The number of aromatic nitrogens is 2. The molecule has 1 atom stereocenters. The molecule has 2 aliphatic heterocycles. The van der Waals surface area contributed by atoms with Crippen LogP contribution in [0.15, 0.2) is 42.6 Å². The maximum atomic E-state index is 4.81. The van der Waals surface area contributed by atoms with Crippen molar-refractivity contribution in [2.75, 3.05) is 31.1 Å². The van der Waals surface area contributed by atoms with E-state index in [1.165, 1.54) is 37.9 Å². The van der Waals surface area contributed by atoms with Crippen LogP contribution in [-0.4, -0.2) is 47.1 Å². The lowest BCUT2D eigenvalue weighted by atomic mass is 10.1. The molecule has 0 spiro atoms. The van der Waals surface area contributed by atoms with Crippen LogP contribution >= 0.6 is 0 Å². The summed E-state index contributed by atoms with van der Waals surface area (Å²) in [5, 5.41) is 0. The third-order valence-electron chi connectivity index (χ3n) is 5.04. The monoisotopic (exact) mass is 308 g/mol. The second-order valence-corrected chi connectivity index (χ2v) is 6.63. The molecule has 1 aromatic heterocycles. The molecule has 4 heteroatoms. The molecule has 120 valence electrons. The molecule has 2 fully saturated rings. The van der Waals surface area contributed by atoms with Gasteiger partial charge in [-0.25, -0.2) is 9.97 Å². The Bertz CT molecular complexity index is 637. The van der Waals surface area contributed by atoms with E-state index in [4.69, 9.17) is 4.98 Å². The van der Waals surface area contributed by atoms with Crippen molar-refractivity contribution in [3.8, 4) is 0 Å². The lowest BCUT2D eigenvalue weighted by Gasteiger charge is -2.24. The van der Waals surface area contributed by atoms with E-state index < -0.39 is 0 Å². The summed E-state index contributed by atoms with van der Waals surface area (Å²) in [5.41, 5.74) is 1.26. The van der Waals surface area contributed by atoms with Gasteiger partial charge in [0.25, 0.3) is 0 Å².